The van der Waals surface area contributed by atoms with Crippen LogP contribution in [0.2, 0.25) is 0 Å². The zero-order valence-corrected chi connectivity index (χ0v) is 3.55. The smallest absolute Gasteiger partial charge is 0.352 e. The summed E-state index contributed by atoms with van der Waals surface area (Å²) in [6.45, 7) is 0.506. The lowest BCUT2D eigenvalue weighted by atomic mass is 10.7. The first-order valence-electron chi connectivity index (χ1n) is 1.86. The molecule has 1 aliphatic rings. The number of carbonyl (C=O) groups excluding carboxylic acids is 1. The van der Waals surface area contributed by atoms with Gasteiger partial charge < -0.3 is 4.84 Å². The largest absolute Gasteiger partial charge is 0.452 e. The van der Waals surface area contributed by atoms with E-state index in [1.165, 1.54) is 6.21 Å². The van der Waals surface area contributed by atoms with Crippen molar-refractivity contribution in [3.63, 3.8) is 0 Å². The minimum absolute atomic E-state index is 0.506. The van der Waals surface area contributed by atoms with E-state index >= 15 is 0 Å². The number of amides is 1. The fourth-order valence-corrected chi connectivity index (χ4v) is 0.287. The van der Waals surface area contributed by atoms with E-state index in [2.05, 4.69) is 15.3 Å². The van der Waals surface area contributed by atoms with Crippen LogP contribution in [0.25, 0.3) is 0 Å². The van der Waals surface area contributed by atoms with Crippen LogP contribution in [0.1, 0.15) is 0 Å². The van der Waals surface area contributed by atoms with Gasteiger partial charge in [-0.1, -0.05) is 0 Å². The minimum atomic E-state index is -0.578. The van der Waals surface area contributed by atoms with Gasteiger partial charge >= 0.3 is 6.09 Å². The van der Waals surface area contributed by atoms with Crippen LogP contribution >= 0.6 is 0 Å². The molecule has 0 spiro atoms. The third-order valence-electron chi connectivity index (χ3n) is 0.531. The maximum absolute atomic E-state index is 9.98. The van der Waals surface area contributed by atoms with Crippen LogP contribution in [0.5, 0.6) is 0 Å². The second-order valence-electron chi connectivity index (χ2n) is 1.03. The zero-order chi connectivity index (χ0) is 5.11. The molecule has 1 rings (SSSR count). The maximum atomic E-state index is 9.98. The summed E-state index contributed by atoms with van der Waals surface area (Å²) in [4.78, 5) is 17.5. The summed E-state index contributed by atoms with van der Waals surface area (Å²) in [5.74, 6) is 0. The molecule has 1 aliphatic heterocycles. The van der Waals surface area contributed by atoms with Gasteiger partial charge in [-0.25, -0.2) is 4.79 Å². The number of hydrogen-bond donors (Lipinski definition) is 1. The maximum Gasteiger partial charge on any atom is 0.452 e. The fraction of sp³-hybridized carbons (Fsp3) is 0.333. The Balaban J connectivity index is 2.51. The molecular weight excluding hydrogens is 96.0 g/mol. The van der Waals surface area contributed by atoms with Gasteiger partial charge in [0.1, 0.15) is 0 Å². The van der Waals surface area contributed by atoms with E-state index < -0.39 is 6.09 Å². The highest BCUT2D eigenvalue weighted by molar-refractivity contribution is 5.81. The Kier molecular flexibility index (Phi) is 1.04. The van der Waals surface area contributed by atoms with Gasteiger partial charge in [0.15, 0.2) is 0 Å². The van der Waals surface area contributed by atoms with E-state index in [1.54, 1.807) is 0 Å². The number of hydroxylamine groups is 1. The Morgan fingerprint density at radius 2 is 2.86 bits per heavy atom. The summed E-state index contributed by atoms with van der Waals surface area (Å²) in [5.41, 5.74) is 2.34. The van der Waals surface area contributed by atoms with Gasteiger partial charge in [0.05, 0.1) is 6.54 Å². The minimum Gasteiger partial charge on any atom is -0.352 e. The molecule has 0 aromatic carbocycles. The summed E-state index contributed by atoms with van der Waals surface area (Å²) >= 11 is 0. The predicted octanol–water partition coefficient (Wildman–Crippen LogP) is -0.288. The lowest BCUT2D eigenvalue weighted by Gasteiger charge is -2.01. The van der Waals surface area contributed by atoms with Crippen molar-refractivity contribution in [1.82, 2.24) is 5.48 Å². The van der Waals surface area contributed by atoms with Crippen LogP contribution in [0.15, 0.2) is 4.99 Å². The molecule has 0 radical (unpaired) electrons. The van der Waals surface area contributed by atoms with Gasteiger partial charge in [-0.2, -0.15) is 4.99 Å². The molecular formula is C3H4N2O2. The van der Waals surface area contributed by atoms with Gasteiger partial charge in [-0.3, -0.25) is 0 Å². The summed E-state index contributed by atoms with van der Waals surface area (Å²) in [6.07, 6.45) is 0.873. The van der Waals surface area contributed by atoms with Crippen LogP contribution in [0.4, 0.5) is 4.79 Å². The molecule has 0 fully saturated rings. The zero-order valence-electron chi connectivity index (χ0n) is 3.55. The molecule has 4 nitrogen and oxygen atoms in total. The Morgan fingerprint density at radius 3 is 3.14 bits per heavy atom. The molecule has 0 aromatic heterocycles. The second-order valence-corrected chi connectivity index (χ2v) is 1.03. The van der Waals surface area contributed by atoms with Gasteiger partial charge in [0.2, 0.25) is 0 Å². The molecule has 0 aromatic rings. The lowest BCUT2D eigenvalue weighted by Crippen LogP contribution is -2.24. The summed E-state index contributed by atoms with van der Waals surface area (Å²) in [5, 5.41) is 0. The van der Waals surface area contributed by atoms with Gasteiger partial charge in [-0.15, -0.1) is 5.48 Å². The van der Waals surface area contributed by atoms with E-state index in [4.69, 9.17) is 0 Å². The molecule has 38 valence electrons. The highest BCUT2D eigenvalue weighted by atomic mass is 16.7. The predicted molar refractivity (Wildman–Crippen MR) is 23.0 cm³/mol. The van der Waals surface area contributed by atoms with E-state index in [-0.39, 0.29) is 0 Å². The van der Waals surface area contributed by atoms with Crippen molar-refractivity contribution in [2.45, 2.75) is 0 Å². The van der Waals surface area contributed by atoms with Gasteiger partial charge in [-0.05, 0) is 0 Å². The van der Waals surface area contributed by atoms with Crippen molar-refractivity contribution in [3.8, 4) is 0 Å². The van der Waals surface area contributed by atoms with Crippen molar-refractivity contribution in [1.29, 1.82) is 0 Å². The van der Waals surface area contributed by atoms with Gasteiger partial charge in [0.25, 0.3) is 0 Å². The van der Waals surface area contributed by atoms with Crippen LogP contribution in [0.3, 0.4) is 0 Å². The topological polar surface area (TPSA) is 50.7 Å². The SMILES string of the molecule is O=C1N=CCNO1. The molecule has 0 atom stereocenters. The van der Waals surface area contributed by atoms with Crippen molar-refractivity contribution < 1.29 is 9.63 Å². The normalized spacial score (nSPS) is 19.1. The molecule has 4 heteroatoms. The van der Waals surface area contributed by atoms with Crippen LogP contribution in [-0.4, -0.2) is 18.9 Å². The molecule has 0 saturated carbocycles. The molecule has 0 saturated heterocycles. The average molecular weight is 100 g/mol. The van der Waals surface area contributed by atoms with Crippen molar-refractivity contribution in [2.75, 3.05) is 6.54 Å². The van der Waals surface area contributed by atoms with Crippen LogP contribution in [-0.2, 0) is 4.84 Å². The third-order valence-corrected chi connectivity index (χ3v) is 0.531. The molecule has 0 unspecified atom stereocenters. The number of aliphatic imine (C=N–C) groups is 1. The highest BCUT2D eigenvalue weighted by Gasteiger charge is 1.99. The monoisotopic (exact) mass is 100 g/mol. The van der Waals surface area contributed by atoms with E-state index in [9.17, 15) is 4.79 Å². The summed E-state index contributed by atoms with van der Waals surface area (Å²) in [7, 11) is 0. The Morgan fingerprint density at radius 1 is 2.00 bits per heavy atom. The molecule has 1 amide bonds. The quantitative estimate of drug-likeness (QED) is 0.455. The molecule has 7 heavy (non-hydrogen) atoms. The van der Waals surface area contributed by atoms with E-state index in [0.717, 1.165) is 0 Å². The number of hydrogen-bond acceptors (Lipinski definition) is 3. The lowest BCUT2D eigenvalue weighted by molar-refractivity contribution is 0.103. The average Bonchev–Trinajstić information content (AvgIpc) is 1.69. The highest BCUT2D eigenvalue weighted by Crippen LogP contribution is 1.80. The van der Waals surface area contributed by atoms with Gasteiger partial charge in [0, 0.05) is 6.21 Å². The van der Waals surface area contributed by atoms with E-state index in [1.807, 2.05) is 0 Å². The standard InChI is InChI=1S/C3H4N2O2/c6-3-4-1-2-5-7-3/h1,5H,2H2. The molecule has 1 N–H and O–H groups in total. The summed E-state index contributed by atoms with van der Waals surface area (Å²) < 4.78 is 0. The van der Waals surface area contributed by atoms with Crippen molar-refractivity contribution >= 4 is 12.3 Å². The molecule has 0 aliphatic carbocycles. The van der Waals surface area contributed by atoms with Crippen molar-refractivity contribution in [2.24, 2.45) is 4.99 Å². The molecule has 1 heterocycles. The number of nitrogens with one attached hydrogen (secondary N) is 1. The first-order chi connectivity index (χ1) is 3.39. The van der Waals surface area contributed by atoms with Crippen LogP contribution in [0, 0.1) is 0 Å². The number of rotatable bonds is 0. The van der Waals surface area contributed by atoms with Crippen LogP contribution < -0.4 is 5.48 Å². The fourth-order valence-electron chi connectivity index (χ4n) is 0.287. The summed E-state index contributed by atoms with van der Waals surface area (Å²) in [6, 6.07) is 0. The second kappa shape index (κ2) is 1.70. The number of nitrogens with zero attached hydrogens (tertiary/aromatic N) is 1. The number of carbonyl (C=O) groups is 1. The third kappa shape index (κ3) is 0.972. The first kappa shape index (κ1) is 4.26. The molecule has 0 bridgehead atoms. The Hall–Kier alpha value is -0.900. The van der Waals surface area contributed by atoms with Crippen molar-refractivity contribution in [3.05, 3.63) is 0 Å². The Bertz CT molecular complexity index is 110. The first-order valence-corrected chi connectivity index (χ1v) is 1.86. The van der Waals surface area contributed by atoms with E-state index in [0.29, 0.717) is 6.54 Å². The Labute approximate surface area is 40.1 Å².